The molecule has 0 aliphatic carbocycles. The SMILES string of the molecule is O.[Al+3].[O-2].[O-2].[O-2].[O-2].[Ta+5]. The molecule has 0 spiro atoms. The van der Waals surface area contributed by atoms with Crippen LogP contribution in [0.4, 0.5) is 0 Å². The second-order valence-corrected chi connectivity index (χ2v) is 0. The molecule has 0 heterocycles. The molecule has 0 saturated carbocycles. The quantitative estimate of drug-likeness (QED) is 0.469. The molecule has 0 aromatic carbocycles. The van der Waals surface area contributed by atoms with Crippen molar-refractivity contribution in [2.75, 3.05) is 0 Å². The van der Waals surface area contributed by atoms with Gasteiger partial charge in [-0.15, -0.1) is 0 Å². The normalized spacial score (nSPS) is 0. The maximum Gasteiger partial charge on any atom is 5.00 e. The van der Waals surface area contributed by atoms with Gasteiger partial charge in [0, 0.05) is 0 Å². The Morgan fingerprint density at radius 1 is 0.571 bits per heavy atom. The molecule has 0 atom stereocenters. The number of rotatable bonds is 0. The van der Waals surface area contributed by atoms with E-state index in [1.54, 1.807) is 0 Å². The van der Waals surface area contributed by atoms with E-state index in [4.69, 9.17) is 0 Å². The summed E-state index contributed by atoms with van der Waals surface area (Å²) in [7, 11) is 0. The average Bonchev–Trinajstić information content (AvgIpc) is 0. The third-order valence-electron chi connectivity index (χ3n) is 0. The molecule has 0 unspecified atom stereocenters. The molecule has 0 aliphatic rings. The van der Waals surface area contributed by atoms with Crippen molar-refractivity contribution in [3.63, 3.8) is 0 Å². The minimum Gasteiger partial charge on any atom is -2.00 e. The number of hydrogen-bond acceptors (Lipinski definition) is 0. The maximum atomic E-state index is 0. The Morgan fingerprint density at radius 3 is 0.571 bits per heavy atom. The fraction of sp³-hybridized carbons (Fsp3) is 0. The minimum atomic E-state index is 0. The third-order valence-corrected chi connectivity index (χ3v) is 0. The van der Waals surface area contributed by atoms with E-state index in [0.717, 1.165) is 0 Å². The van der Waals surface area contributed by atoms with Gasteiger partial charge in [0.2, 0.25) is 0 Å². The van der Waals surface area contributed by atoms with Crippen molar-refractivity contribution in [3.8, 4) is 0 Å². The number of hydrogen-bond donors (Lipinski definition) is 0. The molecule has 40 valence electrons. The first-order valence-corrected chi connectivity index (χ1v) is 0. The summed E-state index contributed by atoms with van der Waals surface area (Å²) in [6.07, 6.45) is 0. The Morgan fingerprint density at radius 2 is 0.571 bits per heavy atom. The van der Waals surface area contributed by atoms with Crippen LogP contribution in [0, 0.1) is 0 Å². The van der Waals surface area contributed by atoms with E-state index in [-0.39, 0.29) is 67.1 Å². The molecular formula is H2AlO5Ta. The van der Waals surface area contributed by atoms with E-state index in [9.17, 15) is 0 Å². The summed E-state index contributed by atoms with van der Waals surface area (Å²) in [4.78, 5) is 0. The molecule has 0 saturated heterocycles. The topological polar surface area (TPSA) is 146 Å². The maximum absolute atomic E-state index is 0. The van der Waals surface area contributed by atoms with Crippen LogP contribution in [0.3, 0.4) is 0 Å². The van der Waals surface area contributed by atoms with Crippen LogP contribution in [0.1, 0.15) is 0 Å². The van der Waals surface area contributed by atoms with Crippen LogP contribution in [0.25, 0.3) is 0 Å². The van der Waals surface area contributed by atoms with Crippen LogP contribution in [-0.2, 0) is 44.3 Å². The Kier molecular flexibility index (Phi) is 11400. The van der Waals surface area contributed by atoms with Gasteiger partial charge in [-0.1, -0.05) is 0 Å². The smallest absolute Gasteiger partial charge is 2.00 e. The van der Waals surface area contributed by atoms with E-state index in [1.807, 2.05) is 0 Å². The van der Waals surface area contributed by atoms with Gasteiger partial charge in [-0.25, -0.2) is 0 Å². The molecular weight excluding hydrogens is 288 g/mol. The van der Waals surface area contributed by atoms with Crippen molar-refractivity contribution in [2.24, 2.45) is 0 Å². The molecule has 0 radical (unpaired) electrons. The Bertz CT molecular complexity index is 8.04. The predicted molar refractivity (Wildman–Crippen MR) is 12.1 cm³/mol. The molecule has 0 amide bonds. The molecule has 5 nitrogen and oxygen atoms in total. The van der Waals surface area contributed by atoms with Gasteiger partial charge in [-0.2, -0.15) is 0 Å². The van der Waals surface area contributed by atoms with Crippen molar-refractivity contribution in [1.29, 1.82) is 0 Å². The van der Waals surface area contributed by atoms with Crippen LogP contribution in [-0.4, -0.2) is 22.8 Å². The van der Waals surface area contributed by atoms with Gasteiger partial charge in [0.05, 0.1) is 0 Å². The largest absolute Gasteiger partial charge is 5.00 e. The molecule has 0 aromatic heterocycles. The van der Waals surface area contributed by atoms with Gasteiger partial charge >= 0.3 is 39.7 Å². The zero-order valence-electron chi connectivity index (χ0n) is 3.16. The van der Waals surface area contributed by atoms with Gasteiger partial charge in [0.15, 0.2) is 0 Å². The van der Waals surface area contributed by atoms with Gasteiger partial charge in [-0.3, -0.25) is 0 Å². The van der Waals surface area contributed by atoms with Crippen LogP contribution < -0.4 is 0 Å². The summed E-state index contributed by atoms with van der Waals surface area (Å²) < 4.78 is 0. The molecule has 0 bridgehead atoms. The summed E-state index contributed by atoms with van der Waals surface area (Å²) >= 11 is 0. The fourth-order valence-electron chi connectivity index (χ4n) is 0. The van der Waals surface area contributed by atoms with Crippen molar-refractivity contribution in [1.82, 2.24) is 0 Å². The van der Waals surface area contributed by atoms with E-state index in [2.05, 4.69) is 0 Å². The van der Waals surface area contributed by atoms with Crippen molar-refractivity contribution in [2.45, 2.75) is 0 Å². The molecule has 0 aliphatic heterocycles. The zero-order valence-corrected chi connectivity index (χ0v) is 7.53. The van der Waals surface area contributed by atoms with Gasteiger partial charge in [0.1, 0.15) is 0 Å². The molecule has 0 aromatic rings. The summed E-state index contributed by atoms with van der Waals surface area (Å²) in [5.41, 5.74) is 0. The fourth-order valence-corrected chi connectivity index (χ4v) is 0. The van der Waals surface area contributed by atoms with Crippen molar-refractivity contribution < 1.29 is 49.8 Å². The van der Waals surface area contributed by atoms with E-state index >= 15 is 0 Å². The second-order valence-electron chi connectivity index (χ2n) is 0. The molecule has 7 heteroatoms. The van der Waals surface area contributed by atoms with Gasteiger partial charge in [0.25, 0.3) is 0 Å². The summed E-state index contributed by atoms with van der Waals surface area (Å²) in [6.45, 7) is 0. The third kappa shape index (κ3) is 158. The zero-order chi connectivity index (χ0) is 0. The molecule has 0 fully saturated rings. The summed E-state index contributed by atoms with van der Waals surface area (Å²) in [5.74, 6) is 0. The minimum absolute atomic E-state index is 0. The van der Waals surface area contributed by atoms with Crippen LogP contribution in [0.5, 0.6) is 0 Å². The Balaban J connectivity index is 0. The summed E-state index contributed by atoms with van der Waals surface area (Å²) in [5, 5.41) is 0. The summed E-state index contributed by atoms with van der Waals surface area (Å²) in [6, 6.07) is 0. The van der Waals surface area contributed by atoms with Gasteiger partial charge < -0.3 is 27.4 Å². The Labute approximate surface area is 67.3 Å². The average molecular weight is 290 g/mol. The first-order valence-electron chi connectivity index (χ1n) is 0. The monoisotopic (exact) mass is 290 g/mol. The molecule has 7 heavy (non-hydrogen) atoms. The second kappa shape index (κ2) is 227. The first-order chi connectivity index (χ1) is 0. The van der Waals surface area contributed by atoms with Gasteiger partial charge in [-0.05, 0) is 0 Å². The van der Waals surface area contributed by atoms with E-state index < -0.39 is 0 Å². The molecule has 0 rings (SSSR count). The van der Waals surface area contributed by atoms with E-state index in [1.165, 1.54) is 0 Å². The Hall–Kier alpha value is 1.07. The van der Waals surface area contributed by atoms with Crippen LogP contribution >= 0.6 is 0 Å². The van der Waals surface area contributed by atoms with Crippen LogP contribution in [0.15, 0.2) is 0 Å². The molecule has 2 N–H and O–H groups in total. The van der Waals surface area contributed by atoms with Crippen molar-refractivity contribution in [3.05, 3.63) is 0 Å². The van der Waals surface area contributed by atoms with Crippen molar-refractivity contribution >= 4 is 17.4 Å². The van der Waals surface area contributed by atoms with E-state index in [0.29, 0.717) is 0 Å². The standard InChI is InChI=1S/Al.H2O.4O.Ta/h;1H2;;;;;/q+3;;4*-2;+5. The predicted octanol–water partition coefficient (Wildman–Crippen LogP) is -1.68. The van der Waals surface area contributed by atoms with Crippen LogP contribution in [0.2, 0.25) is 0 Å². The first kappa shape index (κ1) is 351.